The van der Waals surface area contributed by atoms with Gasteiger partial charge in [0.1, 0.15) is 17.2 Å². The Morgan fingerprint density at radius 2 is 1.59 bits per heavy atom. The second-order valence-electron chi connectivity index (χ2n) is 8.84. The van der Waals surface area contributed by atoms with E-state index in [1.807, 2.05) is 0 Å². The van der Waals surface area contributed by atoms with Crippen molar-refractivity contribution in [2.75, 3.05) is 10.2 Å². The molecule has 0 radical (unpaired) electrons. The Morgan fingerprint density at radius 1 is 0.946 bits per heavy atom. The standard InChI is InChI=1S/C26H19F5N4O2/c1-25(2)23(36)35(20-9-3-15(13-32)21(12-20)26(29,30)31)24(37)34(25)14-16-11-18(28)6-10-22(16)33-19-7-4-17(27)5-8-19/h3-12,33H,14H2,1-2H3. The SMILES string of the molecule is CC1(C)C(=O)N(c2ccc(C#N)c(C(F)(F)F)c2)C(=O)N1Cc1cc(F)ccc1Nc1ccc(F)cc1. The Balaban J connectivity index is 1.70. The van der Waals surface area contributed by atoms with Crippen molar-refractivity contribution >= 4 is 29.0 Å². The van der Waals surface area contributed by atoms with Crippen molar-refractivity contribution in [2.45, 2.75) is 32.1 Å². The maximum absolute atomic E-state index is 14.2. The maximum Gasteiger partial charge on any atom is 0.417 e. The lowest BCUT2D eigenvalue weighted by molar-refractivity contribution is -0.137. The predicted octanol–water partition coefficient (Wildman–Crippen LogP) is 6.35. The van der Waals surface area contributed by atoms with Crippen LogP contribution in [0.3, 0.4) is 0 Å². The van der Waals surface area contributed by atoms with Crippen LogP contribution >= 0.6 is 0 Å². The third-order valence-corrected chi connectivity index (χ3v) is 6.03. The lowest BCUT2D eigenvalue weighted by Crippen LogP contribution is -2.43. The molecule has 1 fully saturated rings. The molecule has 0 aliphatic carbocycles. The molecule has 4 rings (SSSR count). The van der Waals surface area contributed by atoms with Crippen LogP contribution < -0.4 is 10.2 Å². The summed E-state index contributed by atoms with van der Waals surface area (Å²) in [5.74, 6) is -1.86. The Bertz CT molecular complexity index is 1430. The molecule has 0 atom stereocenters. The predicted molar refractivity (Wildman–Crippen MR) is 125 cm³/mol. The van der Waals surface area contributed by atoms with Crippen LogP contribution in [0.5, 0.6) is 0 Å². The first-order chi connectivity index (χ1) is 17.3. The molecule has 1 N–H and O–H groups in total. The molecule has 190 valence electrons. The van der Waals surface area contributed by atoms with E-state index in [9.17, 15) is 31.5 Å². The average molecular weight is 514 g/mol. The third-order valence-electron chi connectivity index (χ3n) is 6.03. The summed E-state index contributed by atoms with van der Waals surface area (Å²) in [4.78, 5) is 28.3. The van der Waals surface area contributed by atoms with Crippen molar-refractivity contribution in [2.24, 2.45) is 0 Å². The third kappa shape index (κ3) is 4.82. The fourth-order valence-corrected chi connectivity index (χ4v) is 4.01. The lowest BCUT2D eigenvalue weighted by Gasteiger charge is -2.28. The van der Waals surface area contributed by atoms with Crippen molar-refractivity contribution < 1.29 is 31.5 Å². The van der Waals surface area contributed by atoms with E-state index in [0.717, 1.165) is 23.1 Å². The summed E-state index contributed by atoms with van der Waals surface area (Å²) in [5, 5.41) is 12.0. The van der Waals surface area contributed by atoms with Crippen LogP contribution in [-0.4, -0.2) is 22.4 Å². The molecule has 0 aromatic heterocycles. The highest BCUT2D eigenvalue weighted by atomic mass is 19.4. The normalized spacial score (nSPS) is 15.2. The van der Waals surface area contributed by atoms with E-state index in [1.165, 1.54) is 56.3 Å². The first kappa shape index (κ1) is 25.6. The van der Waals surface area contributed by atoms with E-state index in [0.29, 0.717) is 22.3 Å². The van der Waals surface area contributed by atoms with Gasteiger partial charge >= 0.3 is 12.2 Å². The Kier molecular flexibility index (Phi) is 6.37. The first-order valence-corrected chi connectivity index (χ1v) is 10.9. The van der Waals surface area contributed by atoms with E-state index in [1.54, 1.807) is 0 Å². The summed E-state index contributed by atoms with van der Waals surface area (Å²) >= 11 is 0. The zero-order valence-electron chi connectivity index (χ0n) is 19.5. The van der Waals surface area contributed by atoms with Gasteiger partial charge in [0.05, 0.1) is 29.4 Å². The summed E-state index contributed by atoms with van der Waals surface area (Å²) in [7, 11) is 0. The van der Waals surface area contributed by atoms with Gasteiger partial charge in [-0.05, 0) is 80.1 Å². The molecule has 1 aliphatic heterocycles. The highest BCUT2D eigenvalue weighted by molar-refractivity contribution is 6.23. The lowest BCUT2D eigenvalue weighted by atomic mass is 10.0. The molecule has 37 heavy (non-hydrogen) atoms. The topological polar surface area (TPSA) is 76.4 Å². The molecule has 3 aromatic rings. The van der Waals surface area contributed by atoms with Gasteiger partial charge in [0.15, 0.2) is 0 Å². The van der Waals surface area contributed by atoms with Crippen LogP contribution in [0.25, 0.3) is 0 Å². The molecule has 11 heteroatoms. The van der Waals surface area contributed by atoms with Crippen LogP contribution in [-0.2, 0) is 17.5 Å². The van der Waals surface area contributed by atoms with Crippen molar-refractivity contribution in [3.05, 3.63) is 89.0 Å². The molecular weight excluding hydrogens is 495 g/mol. The maximum atomic E-state index is 14.2. The zero-order chi connectivity index (χ0) is 27.1. The van der Waals surface area contributed by atoms with Gasteiger partial charge < -0.3 is 10.2 Å². The number of carbonyl (C=O) groups is 2. The molecule has 0 saturated carbocycles. The molecule has 1 heterocycles. The van der Waals surface area contributed by atoms with E-state index >= 15 is 0 Å². The number of nitrogens with zero attached hydrogens (tertiary/aromatic N) is 3. The molecule has 1 aliphatic rings. The van der Waals surface area contributed by atoms with Crippen LogP contribution in [0.4, 0.5) is 43.8 Å². The second-order valence-corrected chi connectivity index (χ2v) is 8.84. The minimum Gasteiger partial charge on any atom is -0.355 e. The number of halogens is 5. The number of hydrogen-bond acceptors (Lipinski definition) is 4. The van der Waals surface area contributed by atoms with E-state index in [4.69, 9.17) is 5.26 Å². The molecule has 3 amide bonds. The number of rotatable bonds is 5. The van der Waals surface area contributed by atoms with E-state index in [2.05, 4.69) is 5.32 Å². The number of amides is 3. The highest BCUT2D eigenvalue weighted by Crippen LogP contribution is 2.39. The largest absolute Gasteiger partial charge is 0.417 e. The number of hydrogen-bond donors (Lipinski definition) is 1. The number of nitriles is 1. The number of urea groups is 1. The summed E-state index contributed by atoms with van der Waals surface area (Å²) < 4.78 is 67.9. The number of benzene rings is 3. The Hall–Kier alpha value is -4.46. The monoisotopic (exact) mass is 514 g/mol. The Morgan fingerprint density at radius 3 is 2.22 bits per heavy atom. The van der Waals surface area contributed by atoms with Crippen LogP contribution in [0.15, 0.2) is 60.7 Å². The first-order valence-electron chi connectivity index (χ1n) is 10.9. The van der Waals surface area contributed by atoms with Gasteiger partial charge in [0.2, 0.25) is 0 Å². The van der Waals surface area contributed by atoms with Crippen LogP contribution in [0.1, 0.15) is 30.5 Å². The van der Waals surface area contributed by atoms with Gasteiger partial charge in [0.25, 0.3) is 5.91 Å². The average Bonchev–Trinajstić information content (AvgIpc) is 3.00. The zero-order valence-corrected chi connectivity index (χ0v) is 19.5. The summed E-state index contributed by atoms with van der Waals surface area (Å²) in [6, 6.07) is 12.2. The minimum atomic E-state index is -4.88. The number of carbonyl (C=O) groups excluding carboxylic acids is 2. The van der Waals surface area contributed by atoms with Crippen molar-refractivity contribution in [3.8, 4) is 6.07 Å². The van der Waals surface area contributed by atoms with Gasteiger partial charge in [-0.3, -0.25) is 4.79 Å². The second kappa shape index (κ2) is 9.20. The number of alkyl halides is 3. The highest BCUT2D eigenvalue weighted by Gasteiger charge is 2.52. The van der Waals surface area contributed by atoms with E-state index < -0.39 is 46.4 Å². The molecule has 0 unspecified atom stereocenters. The van der Waals surface area contributed by atoms with E-state index in [-0.39, 0.29) is 17.8 Å². The summed E-state index contributed by atoms with van der Waals surface area (Å²) in [5.41, 5.74) is -2.64. The summed E-state index contributed by atoms with van der Waals surface area (Å²) in [6.45, 7) is 2.58. The molecule has 0 spiro atoms. The van der Waals surface area contributed by atoms with Crippen LogP contribution in [0, 0.1) is 23.0 Å². The Labute approximate surface area is 208 Å². The molecule has 1 saturated heterocycles. The van der Waals surface area contributed by atoms with Gasteiger partial charge in [-0.1, -0.05) is 0 Å². The molecule has 0 bridgehead atoms. The quantitative estimate of drug-likeness (QED) is 0.318. The van der Waals surface area contributed by atoms with Crippen molar-refractivity contribution in [1.29, 1.82) is 5.26 Å². The number of anilines is 3. The van der Waals surface area contributed by atoms with Gasteiger partial charge in [0, 0.05) is 11.4 Å². The summed E-state index contributed by atoms with van der Waals surface area (Å²) in [6.07, 6.45) is -4.88. The van der Waals surface area contributed by atoms with Gasteiger partial charge in [-0.15, -0.1) is 0 Å². The number of imide groups is 1. The van der Waals surface area contributed by atoms with Crippen LogP contribution in [0.2, 0.25) is 0 Å². The minimum absolute atomic E-state index is 0.266. The smallest absolute Gasteiger partial charge is 0.355 e. The molecular formula is C26H19F5N4O2. The number of nitrogens with one attached hydrogen (secondary N) is 1. The van der Waals surface area contributed by atoms with Gasteiger partial charge in [-0.25, -0.2) is 18.5 Å². The fraction of sp³-hybridized carbons (Fsp3) is 0.192. The van der Waals surface area contributed by atoms with Crippen molar-refractivity contribution in [1.82, 2.24) is 4.90 Å². The molecule has 6 nitrogen and oxygen atoms in total. The molecule has 3 aromatic carbocycles. The van der Waals surface area contributed by atoms with Crippen molar-refractivity contribution in [3.63, 3.8) is 0 Å². The van der Waals surface area contributed by atoms with Gasteiger partial charge in [-0.2, -0.15) is 18.4 Å². The fourth-order valence-electron chi connectivity index (χ4n) is 4.01.